The van der Waals surface area contributed by atoms with Crippen molar-refractivity contribution in [3.8, 4) is 0 Å². The van der Waals surface area contributed by atoms with E-state index in [0.717, 1.165) is 63.2 Å². The molecule has 0 unspecified atom stereocenters. The molecule has 1 N–H and O–H groups in total. The zero-order valence-corrected chi connectivity index (χ0v) is 15.5. The van der Waals surface area contributed by atoms with Gasteiger partial charge in [0.1, 0.15) is 11.4 Å². The number of anilines is 1. The highest BCUT2D eigenvalue weighted by Gasteiger charge is 2.44. The maximum absolute atomic E-state index is 13.4. The Morgan fingerprint density at radius 1 is 1.00 bits per heavy atom. The molecule has 4 rings (SSSR count). The van der Waals surface area contributed by atoms with Crippen LogP contribution in [0.25, 0.3) is 0 Å². The summed E-state index contributed by atoms with van der Waals surface area (Å²) in [5.74, 6) is 0.0283. The van der Waals surface area contributed by atoms with E-state index in [0.29, 0.717) is 0 Å². The molecule has 1 amide bonds. The van der Waals surface area contributed by atoms with E-state index in [2.05, 4.69) is 10.2 Å². The summed E-state index contributed by atoms with van der Waals surface area (Å²) in [4.78, 5) is 17.5. The van der Waals surface area contributed by atoms with E-state index >= 15 is 0 Å². The quantitative estimate of drug-likeness (QED) is 0.879. The fourth-order valence-electron chi connectivity index (χ4n) is 4.00. The first kappa shape index (κ1) is 18.0. The Hall–Kier alpha value is -2.40. The van der Waals surface area contributed by atoms with Crippen molar-refractivity contribution in [2.24, 2.45) is 0 Å². The largest absolute Gasteiger partial charge is 0.371 e. The number of halogens is 1. The number of rotatable bonds is 5. The van der Waals surface area contributed by atoms with Crippen LogP contribution in [-0.2, 0) is 11.3 Å². The Kier molecular flexibility index (Phi) is 5.12. The molecule has 0 radical (unpaired) electrons. The number of carbonyl (C=O) groups excluding carboxylic acids is 1. The Morgan fingerprint density at radius 2 is 1.74 bits per heavy atom. The van der Waals surface area contributed by atoms with E-state index in [1.807, 2.05) is 41.3 Å². The fourth-order valence-corrected chi connectivity index (χ4v) is 4.00. The van der Waals surface area contributed by atoms with Crippen molar-refractivity contribution in [2.45, 2.75) is 31.3 Å². The number of nitrogens with zero attached hydrogens (tertiary/aromatic N) is 2. The number of amides is 1. The van der Waals surface area contributed by atoms with Crippen LogP contribution in [0.15, 0.2) is 54.6 Å². The second kappa shape index (κ2) is 7.69. The maximum atomic E-state index is 13.4. The van der Waals surface area contributed by atoms with Crippen molar-refractivity contribution in [3.05, 3.63) is 66.0 Å². The van der Waals surface area contributed by atoms with E-state index in [9.17, 15) is 9.18 Å². The van der Waals surface area contributed by atoms with E-state index in [1.54, 1.807) is 12.1 Å². The third-order valence-electron chi connectivity index (χ3n) is 5.71. The topological polar surface area (TPSA) is 35.6 Å². The third-order valence-corrected chi connectivity index (χ3v) is 5.71. The number of para-hydroxylation sites is 1. The average molecular weight is 367 g/mol. The first-order valence-corrected chi connectivity index (χ1v) is 9.74. The van der Waals surface area contributed by atoms with Crippen molar-refractivity contribution < 1.29 is 9.18 Å². The second-order valence-corrected chi connectivity index (χ2v) is 7.62. The fraction of sp³-hybridized carbons (Fsp3) is 0.409. The molecule has 0 aliphatic carbocycles. The van der Waals surface area contributed by atoms with Crippen LogP contribution in [0.5, 0.6) is 0 Å². The van der Waals surface area contributed by atoms with E-state index in [1.165, 1.54) is 6.07 Å². The molecule has 0 aromatic heterocycles. The average Bonchev–Trinajstić information content (AvgIpc) is 2.63. The van der Waals surface area contributed by atoms with Gasteiger partial charge in [-0.1, -0.05) is 30.3 Å². The summed E-state index contributed by atoms with van der Waals surface area (Å²) < 4.78 is 13.4. The Morgan fingerprint density at radius 3 is 2.37 bits per heavy atom. The first-order valence-electron chi connectivity index (χ1n) is 9.74. The lowest BCUT2D eigenvalue weighted by molar-refractivity contribution is -0.141. The number of carbonyl (C=O) groups is 1. The minimum Gasteiger partial charge on any atom is -0.371 e. The lowest BCUT2D eigenvalue weighted by Gasteiger charge is -2.46. The van der Waals surface area contributed by atoms with Crippen LogP contribution in [-0.4, -0.2) is 47.4 Å². The molecule has 2 saturated heterocycles. The number of hydrogen-bond acceptors (Lipinski definition) is 3. The van der Waals surface area contributed by atoms with Gasteiger partial charge in [-0.05, 0) is 49.1 Å². The highest BCUT2D eigenvalue weighted by Crippen LogP contribution is 2.31. The van der Waals surface area contributed by atoms with E-state index < -0.39 is 5.54 Å². The molecule has 2 aromatic rings. The molecule has 2 aliphatic heterocycles. The van der Waals surface area contributed by atoms with Crippen LogP contribution in [0.4, 0.5) is 10.1 Å². The summed E-state index contributed by atoms with van der Waals surface area (Å²) in [5.41, 5.74) is 1.43. The van der Waals surface area contributed by atoms with Crippen molar-refractivity contribution in [2.75, 3.05) is 31.5 Å². The summed E-state index contributed by atoms with van der Waals surface area (Å²) in [6, 6.07) is 16.8. The molecule has 0 saturated carbocycles. The van der Waals surface area contributed by atoms with Gasteiger partial charge in [0, 0.05) is 38.4 Å². The highest BCUT2D eigenvalue weighted by atomic mass is 19.1. The van der Waals surface area contributed by atoms with Gasteiger partial charge in [0.2, 0.25) is 5.91 Å². The minimum atomic E-state index is -0.541. The second-order valence-electron chi connectivity index (χ2n) is 7.62. The number of benzene rings is 2. The van der Waals surface area contributed by atoms with Crippen molar-refractivity contribution >= 4 is 11.6 Å². The lowest BCUT2D eigenvalue weighted by atomic mass is 9.84. The molecular formula is C22H26FN3O. The zero-order chi connectivity index (χ0) is 18.7. The SMILES string of the molecule is O=C(N1CCC1)C1(Nc2ccccc2)CCN(Cc2cccc(F)c2)CC1. The summed E-state index contributed by atoms with van der Waals surface area (Å²) in [5, 5.41) is 3.56. The minimum absolute atomic E-state index is 0.197. The lowest BCUT2D eigenvalue weighted by Crippen LogP contribution is -2.61. The molecule has 0 spiro atoms. The Bertz CT molecular complexity index is 783. The molecule has 0 bridgehead atoms. The standard InChI is InChI=1S/C22H26FN3O/c23-19-7-4-6-18(16-19)17-25-14-10-22(11-15-25,21(27)26-12-5-13-26)24-20-8-2-1-3-9-20/h1-4,6-9,16,24H,5,10-15,17H2. The number of nitrogens with one attached hydrogen (secondary N) is 1. The highest BCUT2D eigenvalue weighted by molar-refractivity contribution is 5.90. The van der Waals surface area contributed by atoms with Gasteiger partial charge >= 0.3 is 0 Å². The van der Waals surface area contributed by atoms with Gasteiger partial charge in [-0.25, -0.2) is 4.39 Å². The van der Waals surface area contributed by atoms with Crippen molar-refractivity contribution in [1.82, 2.24) is 9.80 Å². The monoisotopic (exact) mass is 367 g/mol. The Balaban J connectivity index is 1.47. The van der Waals surface area contributed by atoms with Gasteiger partial charge in [-0.3, -0.25) is 9.69 Å². The predicted octanol–water partition coefficient (Wildman–Crippen LogP) is 3.50. The van der Waals surface area contributed by atoms with E-state index in [4.69, 9.17) is 0 Å². The van der Waals surface area contributed by atoms with Crippen LogP contribution < -0.4 is 5.32 Å². The van der Waals surface area contributed by atoms with Gasteiger partial charge in [-0.2, -0.15) is 0 Å². The number of hydrogen-bond donors (Lipinski definition) is 1. The summed E-state index contributed by atoms with van der Waals surface area (Å²) in [6.45, 7) is 4.08. The zero-order valence-electron chi connectivity index (χ0n) is 15.5. The molecule has 5 heteroatoms. The summed E-state index contributed by atoms with van der Waals surface area (Å²) >= 11 is 0. The van der Waals surface area contributed by atoms with Crippen LogP contribution >= 0.6 is 0 Å². The smallest absolute Gasteiger partial charge is 0.248 e. The molecule has 2 heterocycles. The van der Waals surface area contributed by atoms with Crippen LogP contribution in [0.3, 0.4) is 0 Å². The number of likely N-dealkylation sites (tertiary alicyclic amines) is 2. The van der Waals surface area contributed by atoms with Crippen LogP contribution in [0.2, 0.25) is 0 Å². The molecule has 2 fully saturated rings. The molecule has 2 aliphatic rings. The van der Waals surface area contributed by atoms with Crippen LogP contribution in [0.1, 0.15) is 24.8 Å². The normalized spacial score (nSPS) is 19.4. The molecule has 4 nitrogen and oxygen atoms in total. The molecule has 142 valence electrons. The summed E-state index contributed by atoms with van der Waals surface area (Å²) in [6.07, 6.45) is 2.61. The molecule has 2 aromatic carbocycles. The van der Waals surface area contributed by atoms with Gasteiger partial charge in [0.05, 0.1) is 0 Å². The van der Waals surface area contributed by atoms with Gasteiger partial charge < -0.3 is 10.2 Å². The van der Waals surface area contributed by atoms with E-state index in [-0.39, 0.29) is 11.7 Å². The van der Waals surface area contributed by atoms with Gasteiger partial charge in [-0.15, -0.1) is 0 Å². The van der Waals surface area contributed by atoms with Crippen LogP contribution in [0, 0.1) is 5.82 Å². The number of piperidine rings is 1. The predicted molar refractivity (Wildman–Crippen MR) is 105 cm³/mol. The Labute approximate surface area is 160 Å². The van der Waals surface area contributed by atoms with Gasteiger partial charge in [0.25, 0.3) is 0 Å². The van der Waals surface area contributed by atoms with Gasteiger partial charge in [0.15, 0.2) is 0 Å². The molecular weight excluding hydrogens is 341 g/mol. The van der Waals surface area contributed by atoms with Crippen molar-refractivity contribution in [1.29, 1.82) is 0 Å². The first-order chi connectivity index (χ1) is 13.1. The maximum Gasteiger partial charge on any atom is 0.248 e. The van der Waals surface area contributed by atoms with Crippen molar-refractivity contribution in [3.63, 3.8) is 0 Å². The molecule has 27 heavy (non-hydrogen) atoms. The third kappa shape index (κ3) is 3.98. The molecule has 0 atom stereocenters. The summed E-state index contributed by atoms with van der Waals surface area (Å²) in [7, 11) is 0.